The maximum absolute atomic E-state index is 12.9. The van der Waals surface area contributed by atoms with E-state index in [1.54, 1.807) is 12.1 Å². The highest BCUT2D eigenvalue weighted by atomic mass is 16.6. The van der Waals surface area contributed by atoms with Crippen LogP contribution in [0.1, 0.15) is 38.1 Å². The first-order valence-electron chi connectivity index (χ1n) is 8.70. The molecule has 7 nitrogen and oxygen atoms in total. The van der Waals surface area contributed by atoms with Crippen molar-refractivity contribution >= 4 is 11.6 Å². The standard InChI is InChI=1S/C19H24N4O3/c1-19(2,3)20-13-17(24)22-12-11-21-10-4-5-16(21)18(22)14-6-8-15(9-7-14)23(25)26/h4-10,18,20H,11-13H2,1-3H3/t18-/m0/s1. The van der Waals surface area contributed by atoms with Gasteiger partial charge in [-0.25, -0.2) is 0 Å². The van der Waals surface area contributed by atoms with E-state index in [0.29, 0.717) is 6.54 Å². The third-order valence-corrected chi connectivity index (χ3v) is 4.55. The summed E-state index contributed by atoms with van der Waals surface area (Å²) >= 11 is 0. The number of rotatable bonds is 4. The summed E-state index contributed by atoms with van der Waals surface area (Å²) in [6, 6.07) is 10.2. The summed E-state index contributed by atoms with van der Waals surface area (Å²) in [5.74, 6) is 0.0238. The fourth-order valence-electron chi connectivity index (χ4n) is 3.22. The van der Waals surface area contributed by atoms with Gasteiger partial charge in [0.05, 0.1) is 17.5 Å². The zero-order valence-electron chi connectivity index (χ0n) is 15.3. The lowest BCUT2D eigenvalue weighted by atomic mass is 9.99. The molecule has 0 spiro atoms. The van der Waals surface area contributed by atoms with Crippen molar-refractivity contribution in [2.45, 2.75) is 38.9 Å². The highest BCUT2D eigenvalue weighted by Crippen LogP contribution is 2.33. The van der Waals surface area contributed by atoms with E-state index in [-0.39, 0.29) is 29.7 Å². The fourth-order valence-corrected chi connectivity index (χ4v) is 3.22. The molecule has 26 heavy (non-hydrogen) atoms. The Labute approximate surface area is 152 Å². The fraction of sp³-hybridized carbons (Fsp3) is 0.421. The number of carbonyl (C=O) groups excluding carboxylic acids is 1. The summed E-state index contributed by atoms with van der Waals surface area (Å²) in [6.07, 6.45) is 2.00. The van der Waals surface area contributed by atoms with Crippen LogP contribution in [-0.4, -0.2) is 38.9 Å². The molecule has 3 rings (SSSR count). The zero-order chi connectivity index (χ0) is 18.9. The number of nitro benzene ring substituents is 1. The molecule has 2 aromatic rings. The number of nitro groups is 1. The van der Waals surface area contributed by atoms with Crippen molar-refractivity contribution in [1.29, 1.82) is 0 Å². The van der Waals surface area contributed by atoms with Crippen molar-refractivity contribution in [3.63, 3.8) is 0 Å². The minimum absolute atomic E-state index is 0.0238. The number of amides is 1. The monoisotopic (exact) mass is 356 g/mol. The average molecular weight is 356 g/mol. The second-order valence-corrected chi connectivity index (χ2v) is 7.57. The molecule has 0 radical (unpaired) electrons. The SMILES string of the molecule is CC(C)(C)NCC(=O)N1CCn2cccc2[C@@H]1c1ccc([N+](=O)[O-])cc1. The Balaban J connectivity index is 1.91. The van der Waals surface area contributed by atoms with Gasteiger partial charge in [-0.15, -0.1) is 0 Å². The van der Waals surface area contributed by atoms with Crippen LogP contribution < -0.4 is 5.32 Å². The van der Waals surface area contributed by atoms with Gasteiger partial charge in [-0.1, -0.05) is 0 Å². The number of non-ortho nitro benzene ring substituents is 1. The van der Waals surface area contributed by atoms with Crippen LogP contribution in [0.4, 0.5) is 5.69 Å². The number of nitrogens with zero attached hydrogens (tertiary/aromatic N) is 3. The number of fused-ring (bicyclic) bond motifs is 1. The number of hydrogen-bond acceptors (Lipinski definition) is 4. The van der Waals surface area contributed by atoms with Gasteiger partial charge < -0.3 is 14.8 Å². The van der Waals surface area contributed by atoms with Crippen LogP contribution in [0.25, 0.3) is 0 Å². The Hall–Kier alpha value is -2.67. The summed E-state index contributed by atoms with van der Waals surface area (Å²) < 4.78 is 2.13. The molecule has 138 valence electrons. The van der Waals surface area contributed by atoms with Crippen molar-refractivity contribution in [3.05, 3.63) is 64.0 Å². The van der Waals surface area contributed by atoms with Gasteiger partial charge in [-0.3, -0.25) is 14.9 Å². The van der Waals surface area contributed by atoms with Crippen LogP contribution in [0.3, 0.4) is 0 Å². The molecule has 1 N–H and O–H groups in total. The van der Waals surface area contributed by atoms with Gasteiger partial charge in [0.2, 0.25) is 5.91 Å². The van der Waals surface area contributed by atoms with E-state index >= 15 is 0 Å². The third kappa shape index (κ3) is 3.77. The van der Waals surface area contributed by atoms with Crippen molar-refractivity contribution in [2.24, 2.45) is 0 Å². The molecule has 1 aromatic heterocycles. The van der Waals surface area contributed by atoms with E-state index in [4.69, 9.17) is 0 Å². The lowest BCUT2D eigenvalue weighted by Crippen LogP contribution is -2.49. The Morgan fingerprint density at radius 1 is 1.23 bits per heavy atom. The van der Waals surface area contributed by atoms with E-state index in [1.807, 2.05) is 44.0 Å². The summed E-state index contributed by atoms with van der Waals surface area (Å²) in [4.78, 5) is 25.3. The molecule has 0 fully saturated rings. The van der Waals surface area contributed by atoms with Crippen LogP contribution >= 0.6 is 0 Å². The molecule has 1 atom stereocenters. The van der Waals surface area contributed by atoms with Crippen LogP contribution in [0.15, 0.2) is 42.6 Å². The molecule has 7 heteroatoms. The van der Waals surface area contributed by atoms with E-state index in [1.165, 1.54) is 12.1 Å². The number of benzene rings is 1. The maximum atomic E-state index is 12.9. The first-order valence-corrected chi connectivity index (χ1v) is 8.70. The second-order valence-electron chi connectivity index (χ2n) is 7.57. The van der Waals surface area contributed by atoms with Gasteiger partial charge >= 0.3 is 0 Å². The predicted molar refractivity (Wildman–Crippen MR) is 98.8 cm³/mol. The minimum Gasteiger partial charge on any atom is -0.348 e. The third-order valence-electron chi connectivity index (χ3n) is 4.55. The van der Waals surface area contributed by atoms with Gasteiger partial charge in [0, 0.05) is 42.7 Å². The number of aromatic nitrogens is 1. The number of carbonyl (C=O) groups is 1. The molecular weight excluding hydrogens is 332 g/mol. The zero-order valence-corrected chi connectivity index (χ0v) is 15.3. The largest absolute Gasteiger partial charge is 0.348 e. The quantitative estimate of drug-likeness (QED) is 0.675. The highest BCUT2D eigenvalue weighted by molar-refractivity contribution is 5.79. The number of hydrogen-bond donors (Lipinski definition) is 1. The topological polar surface area (TPSA) is 80.4 Å². The Kier molecular flexibility index (Phi) is 4.82. The molecular formula is C19H24N4O3. The van der Waals surface area contributed by atoms with Crippen LogP contribution in [0, 0.1) is 10.1 Å². The first-order chi connectivity index (χ1) is 12.3. The molecule has 1 aliphatic rings. The Bertz CT molecular complexity index is 805. The van der Waals surface area contributed by atoms with Crippen molar-refractivity contribution in [2.75, 3.05) is 13.1 Å². The lowest BCUT2D eigenvalue weighted by molar-refractivity contribution is -0.384. The second kappa shape index (κ2) is 6.92. The predicted octanol–water partition coefficient (Wildman–Crippen LogP) is 2.72. The van der Waals surface area contributed by atoms with E-state index in [2.05, 4.69) is 9.88 Å². The Morgan fingerprint density at radius 2 is 1.92 bits per heavy atom. The first kappa shape index (κ1) is 18.1. The molecule has 1 amide bonds. The lowest BCUT2D eigenvalue weighted by Gasteiger charge is -2.38. The minimum atomic E-state index is -0.413. The van der Waals surface area contributed by atoms with Gasteiger partial charge in [0.1, 0.15) is 0 Å². The molecule has 1 aliphatic heterocycles. The van der Waals surface area contributed by atoms with Gasteiger partial charge in [0.25, 0.3) is 5.69 Å². The molecule has 0 unspecified atom stereocenters. The molecule has 1 aromatic carbocycles. The van der Waals surface area contributed by atoms with Crippen molar-refractivity contribution in [3.8, 4) is 0 Å². The molecule has 0 saturated carbocycles. The summed E-state index contributed by atoms with van der Waals surface area (Å²) in [7, 11) is 0. The van der Waals surface area contributed by atoms with Crippen molar-refractivity contribution in [1.82, 2.24) is 14.8 Å². The Morgan fingerprint density at radius 3 is 2.54 bits per heavy atom. The van der Waals surface area contributed by atoms with Gasteiger partial charge in [-0.2, -0.15) is 0 Å². The summed E-state index contributed by atoms with van der Waals surface area (Å²) in [5, 5.41) is 14.2. The van der Waals surface area contributed by atoms with E-state index in [9.17, 15) is 14.9 Å². The van der Waals surface area contributed by atoms with Gasteiger partial charge in [-0.05, 0) is 50.6 Å². The van der Waals surface area contributed by atoms with Crippen LogP contribution in [0.5, 0.6) is 0 Å². The maximum Gasteiger partial charge on any atom is 0.269 e. The summed E-state index contributed by atoms with van der Waals surface area (Å²) in [6.45, 7) is 7.68. The molecule has 0 aliphatic carbocycles. The smallest absolute Gasteiger partial charge is 0.269 e. The van der Waals surface area contributed by atoms with E-state index < -0.39 is 4.92 Å². The number of nitrogens with one attached hydrogen (secondary N) is 1. The normalized spacial score (nSPS) is 17.0. The molecule has 0 bridgehead atoms. The van der Waals surface area contributed by atoms with Crippen LogP contribution in [-0.2, 0) is 11.3 Å². The molecule has 2 heterocycles. The van der Waals surface area contributed by atoms with Crippen LogP contribution in [0.2, 0.25) is 0 Å². The molecule has 0 saturated heterocycles. The van der Waals surface area contributed by atoms with Gasteiger partial charge in [0.15, 0.2) is 0 Å². The average Bonchev–Trinajstić information content (AvgIpc) is 3.07. The van der Waals surface area contributed by atoms with E-state index in [0.717, 1.165) is 17.8 Å². The highest BCUT2D eigenvalue weighted by Gasteiger charge is 2.32. The summed E-state index contributed by atoms with van der Waals surface area (Å²) in [5.41, 5.74) is 1.80. The van der Waals surface area contributed by atoms with Crippen molar-refractivity contribution < 1.29 is 9.72 Å².